The predicted octanol–water partition coefficient (Wildman–Crippen LogP) is 3.67. The average molecular weight is 403 g/mol. The Kier molecular flexibility index (Phi) is 6.41. The molecule has 148 valence electrons. The monoisotopic (exact) mass is 402 g/mol. The molecule has 1 saturated heterocycles. The molecular formula is C18H22ClF3N4O. The van der Waals surface area contributed by atoms with Crippen molar-refractivity contribution in [1.29, 1.82) is 0 Å². The van der Waals surface area contributed by atoms with Gasteiger partial charge in [0.2, 0.25) is 0 Å². The van der Waals surface area contributed by atoms with Crippen LogP contribution >= 0.6 is 11.6 Å². The van der Waals surface area contributed by atoms with Gasteiger partial charge in [0.25, 0.3) is 0 Å². The number of hydrogen-bond donors (Lipinski definition) is 2. The third-order valence-corrected chi connectivity index (χ3v) is 5.11. The molecule has 0 bridgehead atoms. The summed E-state index contributed by atoms with van der Waals surface area (Å²) in [6.07, 6.45) is -3.52. The van der Waals surface area contributed by atoms with Gasteiger partial charge in [-0.3, -0.25) is 10.00 Å². The number of aromatic nitrogens is 2. The highest BCUT2D eigenvalue weighted by molar-refractivity contribution is 6.31. The van der Waals surface area contributed by atoms with E-state index in [1.54, 1.807) is 17.0 Å². The molecule has 2 aromatic rings. The lowest BCUT2D eigenvalue weighted by Gasteiger charge is -2.29. The number of rotatable bonds is 7. The second kappa shape index (κ2) is 8.60. The standard InChI is InChI=1S/C18H22ClF3N4O/c19-14-6-2-1-5-13(14)12-26(10-9-25-7-3-4-8-25)17(27)15-11-16(24-23-15)18(20,21)22/h1-2,5-6,11,17,27H,3-4,7-10,12H2,(H,23,24). The van der Waals surface area contributed by atoms with Gasteiger partial charge in [-0.1, -0.05) is 29.8 Å². The summed E-state index contributed by atoms with van der Waals surface area (Å²) in [7, 11) is 0. The normalized spacial score (nSPS) is 17.0. The van der Waals surface area contributed by atoms with Crippen LogP contribution in [0, 0.1) is 0 Å². The molecule has 0 amide bonds. The third kappa shape index (κ3) is 5.22. The van der Waals surface area contributed by atoms with Crippen LogP contribution in [0.25, 0.3) is 0 Å². The zero-order chi connectivity index (χ0) is 19.4. The molecule has 0 radical (unpaired) electrons. The van der Waals surface area contributed by atoms with Crippen molar-refractivity contribution in [2.45, 2.75) is 31.8 Å². The van der Waals surface area contributed by atoms with E-state index < -0.39 is 18.1 Å². The van der Waals surface area contributed by atoms with Crippen molar-refractivity contribution in [3.05, 3.63) is 52.3 Å². The van der Waals surface area contributed by atoms with E-state index in [2.05, 4.69) is 15.1 Å². The van der Waals surface area contributed by atoms with E-state index in [0.717, 1.165) is 44.1 Å². The van der Waals surface area contributed by atoms with E-state index in [9.17, 15) is 18.3 Å². The van der Waals surface area contributed by atoms with Crippen LogP contribution in [0.15, 0.2) is 30.3 Å². The first-order valence-corrected chi connectivity index (χ1v) is 9.23. The van der Waals surface area contributed by atoms with Crippen LogP contribution in [0.5, 0.6) is 0 Å². The Morgan fingerprint density at radius 1 is 1.26 bits per heavy atom. The van der Waals surface area contributed by atoms with Crippen LogP contribution in [0.2, 0.25) is 5.02 Å². The zero-order valence-corrected chi connectivity index (χ0v) is 15.5. The van der Waals surface area contributed by atoms with Crippen molar-refractivity contribution in [3.8, 4) is 0 Å². The van der Waals surface area contributed by atoms with Gasteiger partial charge in [-0.15, -0.1) is 0 Å². The molecule has 1 aromatic heterocycles. The predicted molar refractivity (Wildman–Crippen MR) is 96.1 cm³/mol. The molecule has 5 nitrogen and oxygen atoms in total. The van der Waals surface area contributed by atoms with E-state index in [1.165, 1.54) is 0 Å². The van der Waals surface area contributed by atoms with Crippen molar-refractivity contribution in [2.75, 3.05) is 26.2 Å². The van der Waals surface area contributed by atoms with Gasteiger partial charge in [-0.25, -0.2) is 0 Å². The molecule has 27 heavy (non-hydrogen) atoms. The van der Waals surface area contributed by atoms with Gasteiger partial charge in [0.15, 0.2) is 5.69 Å². The van der Waals surface area contributed by atoms with Crippen LogP contribution in [-0.2, 0) is 12.7 Å². The van der Waals surface area contributed by atoms with Gasteiger partial charge >= 0.3 is 6.18 Å². The molecule has 0 aliphatic carbocycles. The molecule has 0 spiro atoms. The molecule has 2 N–H and O–H groups in total. The molecule has 1 aliphatic heterocycles. The summed E-state index contributed by atoms with van der Waals surface area (Å²) in [5, 5.41) is 16.9. The minimum absolute atomic E-state index is 0.0100. The lowest BCUT2D eigenvalue weighted by atomic mass is 10.2. The Labute approximate surface area is 160 Å². The smallest absolute Gasteiger partial charge is 0.372 e. The van der Waals surface area contributed by atoms with Crippen LogP contribution < -0.4 is 0 Å². The highest BCUT2D eigenvalue weighted by atomic mass is 35.5. The van der Waals surface area contributed by atoms with E-state index in [4.69, 9.17) is 11.6 Å². The molecule has 1 unspecified atom stereocenters. The summed E-state index contributed by atoms with van der Waals surface area (Å²) in [5.74, 6) is 0. The van der Waals surface area contributed by atoms with Gasteiger partial charge in [0, 0.05) is 24.7 Å². The van der Waals surface area contributed by atoms with Crippen molar-refractivity contribution >= 4 is 11.6 Å². The third-order valence-electron chi connectivity index (χ3n) is 4.75. The van der Waals surface area contributed by atoms with E-state index in [0.29, 0.717) is 18.1 Å². The summed E-state index contributed by atoms with van der Waals surface area (Å²) in [4.78, 5) is 3.98. The number of alkyl halides is 3. The number of aliphatic hydroxyl groups is 1. The zero-order valence-electron chi connectivity index (χ0n) is 14.7. The second-order valence-corrected chi connectivity index (χ2v) is 7.10. The van der Waals surface area contributed by atoms with E-state index in [-0.39, 0.29) is 5.69 Å². The topological polar surface area (TPSA) is 55.4 Å². The lowest BCUT2D eigenvalue weighted by molar-refractivity contribution is -0.141. The minimum atomic E-state index is -4.56. The van der Waals surface area contributed by atoms with E-state index in [1.807, 2.05) is 12.1 Å². The van der Waals surface area contributed by atoms with Crippen molar-refractivity contribution in [3.63, 3.8) is 0 Å². The number of nitrogens with zero attached hydrogens (tertiary/aromatic N) is 3. The number of H-pyrrole nitrogens is 1. The number of aliphatic hydroxyl groups excluding tert-OH is 1. The molecule has 1 fully saturated rings. The summed E-state index contributed by atoms with van der Waals surface area (Å²) in [5.41, 5.74) is -0.236. The molecule has 1 atom stereocenters. The number of benzene rings is 1. The Balaban J connectivity index is 1.76. The molecule has 9 heteroatoms. The molecule has 0 saturated carbocycles. The fourth-order valence-corrected chi connectivity index (χ4v) is 3.42. The quantitative estimate of drug-likeness (QED) is 0.694. The van der Waals surface area contributed by atoms with Gasteiger partial charge < -0.3 is 10.0 Å². The summed E-state index contributed by atoms with van der Waals surface area (Å²) >= 11 is 6.22. The second-order valence-electron chi connectivity index (χ2n) is 6.69. The van der Waals surface area contributed by atoms with Crippen LogP contribution in [0.1, 0.15) is 36.0 Å². The molecular weight excluding hydrogens is 381 g/mol. The van der Waals surface area contributed by atoms with Gasteiger partial charge in [-0.05, 0) is 43.6 Å². The Bertz CT molecular complexity index is 746. The van der Waals surface area contributed by atoms with Gasteiger partial charge in [-0.2, -0.15) is 18.3 Å². The van der Waals surface area contributed by atoms with Crippen LogP contribution in [-0.4, -0.2) is 51.3 Å². The maximum Gasteiger partial charge on any atom is 0.435 e. The first-order valence-electron chi connectivity index (χ1n) is 8.85. The van der Waals surface area contributed by atoms with E-state index >= 15 is 0 Å². The maximum absolute atomic E-state index is 12.8. The summed E-state index contributed by atoms with van der Waals surface area (Å²) < 4.78 is 38.4. The minimum Gasteiger partial charge on any atom is -0.372 e. The number of hydrogen-bond acceptors (Lipinski definition) is 4. The molecule has 1 aliphatic rings. The Morgan fingerprint density at radius 2 is 1.96 bits per heavy atom. The lowest BCUT2D eigenvalue weighted by Crippen LogP contribution is -2.36. The molecule has 1 aromatic carbocycles. The largest absolute Gasteiger partial charge is 0.435 e. The number of halogens is 4. The number of likely N-dealkylation sites (tertiary alicyclic amines) is 1. The first-order chi connectivity index (χ1) is 12.8. The Morgan fingerprint density at radius 3 is 2.59 bits per heavy atom. The number of aromatic amines is 1. The summed E-state index contributed by atoms with van der Waals surface area (Å²) in [6, 6.07) is 8.08. The van der Waals surface area contributed by atoms with Crippen molar-refractivity contribution in [1.82, 2.24) is 20.0 Å². The average Bonchev–Trinajstić information content (AvgIpc) is 3.30. The first kappa shape index (κ1) is 20.1. The SMILES string of the molecule is OC(c1cc(C(F)(F)F)n[nH]1)N(CCN1CCCC1)Cc1ccccc1Cl. The Hall–Kier alpha value is -1.61. The fraction of sp³-hybridized carbons (Fsp3) is 0.500. The number of nitrogens with one attached hydrogen (secondary N) is 1. The maximum atomic E-state index is 12.8. The van der Waals surface area contributed by atoms with Crippen molar-refractivity contribution in [2.24, 2.45) is 0 Å². The molecule has 3 rings (SSSR count). The van der Waals surface area contributed by atoms with Gasteiger partial charge in [0.1, 0.15) is 6.23 Å². The highest BCUT2D eigenvalue weighted by Crippen LogP contribution is 2.30. The van der Waals surface area contributed by atoms with Crippen LogP contribution in [0.3, 0.4) is 0 Å². The van der Waals surface area contributed by atoms with Crippen molar-refractivity contribution < 1.29 is 18.3 Å². The fourth-order valence-electron chi connectivity index (χ4n) is 3.22. The van der Waals surface area contributed by atoms with Crippen LogP contribution in [0.4, 0.5) is 13.2 Å². The highest BCUT2D eigenvalue weighted by Gasteiger charge is 2.35. The molecule has 2 heterocycles. The van der Waals surface area contributed by atoms with Gasteiger partial charge in [0.05, 0.1) is 5.69 Å². The summed E-state index contributed by atoms with van der Waals surface area (Å²) in [6.45, 7) is 3.53.